The fraction of sp³-hybridized carbons (Fsp3) is 0. The highest BCUT2D eigenvalue weighted by atomic mass is 32.1. The van der Waals surface area contributed by atoms with Gasteiger partial charge in [0, 0.05) is 5.39 Å². The van der Waals surface area contributed by atoms with E-state index < -0.39 is 5.91 Å². The van der Waals surface area contributed by atoms with Gasteiger partial charge in [-0.2, -0.15) is 0 Å². The Morgan fingerprint density at radius 3 is 2.58 bits per heavy atom. The number of hydrogen-bond acceptors (Lipinski definition) is 5. The Kier molecular flexibility index (Phi) is 4.24. The molecule has 26 heavy (non-hydrogen) atoms. The molecule has 4 aromatic rings. The highest BCUT2D eigenvalue weighted by molar-refractivity contribution is 7.14. The smallest absolute Gasteiger partial charge is 0.257 e. The fourth-order valence-corrected chi connectivity index (χ4v) is 4.16. The normalized spacial score (nSPS) is 10.8. The summed E-state index contributed by atoms with van der Waals surface area (Å²) in [4.78, 5) is 30.1. The Bertz CT molecular complexity index is 1120. The summed E-state index contributed by atoms with van der Waals surface area (Å²) in [5.74, 6) is -0.869. The number of aromatic nitrogens is 1. The molecule has 0 saturated carbocycles. The molecule has 4 rings (SSSR count). The maximum atomic E-state index is 12.9. The molecule has 0 saturated heterocycles. The molecule has 0 bridgehead atoms. The van der Waals surface area contributed by atoms with Crippen LogP contribution in [0.15, 0.2) is 59.3 Å². The van der Waals surface area contributed by atoms with Gasteiger partial charge in [-0.3, -0.25) is 9.59 Å². The molecule has 0 atom stereocenters. The Balaban J connectivity index is 1.80. The molecule has 0 unspecified atom stereocenters. The summed E-state index contributed by atoms with van der Waals surface area (Å²) in [7, 11) is 0. The fourth-order valence-electron chi connectivity index (χ4n) is 2.68. The number of nitrogens with two attached hydrogens (primary N) is 1. The summed E-state index contributed by atoms with van der Waals surface area (Å²) in [5.41, 5.74) is 7.65. The van der Waals surface area contributed by atoms with Gasteiger partial charge in [-0.15, -0.1) is 22.7 Å². The maximum absolute atomic E-state index is 12.9. The summed E-state index contributed by atoms with van der Waals surface area (Å²) in [5, 5.41) is 7.69. The van der Waals surface area contributed by atoms with Crippen LogP contribution in [-0.2, 0) is 0 Å². The van der Waals surface area contributed by atoms with Crippen LogP contribution in [0.3, 0.4) is 0 Å². The number of primary amides is 1. The third kappa shape index (κ3) is 2.98. The van der Waals surface area contributed by atoms with E-state index in [1.54, 1.807) is 28.8 Å². The molecule has 3 heterocycles. The minimum Gasteiger partial charge on any atom is -0.366 e. The predicted octanol–water partition coefficient (Wildman–Crippen LogP) is 4.38. The molecule has 5 nitrogen and oxygen atoms in total. The third-order valence-corrected chi connectivity index (χ3v) is 5.61. The van der Waals surface area contributed by atoms with Crippen LogP contribution >= 0.6 is 22.7 Å². The van der Waals surface area contributed by atoms with Crippen LogP contribution in [0.1, 0.15) is 20.7 Å². The molecule has 0 radical (unpaired) electrons. The SMILES string of the molecule is NC(=O)c1ccsc1NC(=O)c1cc(-c2cccs2)nc2ccccc12. The van der Waals surface area contributed by atoms with E-state index in [-0.39, 0.29) is 5.91 Å². The Morgan fingerprint density at radius 1 is 0.962 bits per heavy atom. The zero-order valence-corrected chi connectivity index (χ0v) is 15.1. The largest absolute Gasteiger partial charge is 0.366 e. The quantitative estimate of drug-likeness (QED) is 0.552. The van der Waals surface area contributed by atoms with E-state index in [2.05, 4.69) is 10.3 Å². The molecule has 128 valence electrons. The highest BCUT2D eigenvalue weighted by Gasteiger charge is 2.17. The number of nitrogens with one attached hydrogen (secondary N) is 1. The number of pyridine rings is 1. The number of carbonyl (C=O) groups is 2. The zero-order valence-electron chi connectivity index (χ0n) is 13.4. The van der Waals surface area contributed by atoms with E-state index in [9.17, 15) is 9.59 Å². The number of nitrogens with zero attached hydrogens (tertiary/aromatic N) is 1. The second kappa shape index (κ2) is 6.70. The Labute approximate surface area is 157 Å². The molecule has 1 aromatic carbocycles. The average molecular weight is 379 g/mol. The van der Waals surface area contributed by atoms with Gasteiger partial charge in [-0.05, 0) is 35.0 Å². The van der Waals surface area contributed by atoms with Crippen LogP contribution in [-0.4, -0.2) is 16.8 Å². The number of carbonyl (C=O) groups excluding carboxylic acids is 2. The molecule has 7 heteroatoms. The Hall–Kier alpha value is -3.03. The first-order chi connectivity index (χ1) is 12.6. The summed E-state index contributed by atoms with van der Waals surface area (Å²) >= 11 is 2.83. The summed E-state index contributed by atoms with van der Waals surface area (Å²) in [6.45, 7) is 0. The number of benzene rings is 1. The average Bonchev–Trinajstić information content (AvgIpc) is 3.32. The molecule has 0 aliphatic rings. The molecule has 0 aliphatic heterocycles. The first kappa shape index (κ1) is 16.4. The third-order valence-electron chi connectivity index (χ3n) is 3.89. The number of anilines is 1. The highest BCUT2D eigenvalue weighted by Crippen LogP contribution is 2.29. The van der Waals surface area contributed by atoms with Crippen molar-refractivity contribution in [2.75, 3.05) is 5.32 Å². The number of thiophene rings is 2. The van der Waals surface area contributed by atoms with Gasteiger partial charge in [0.25, 0.3) is 11.8 Å². The minimum atomic E-state index is -0.569. The minimum absolute atomic E-state index is 0.300. The predicted molar refractivity (Wildman–Crippen MR) is 106 cm³/mol. The second-order valence-electron chi connectivity index (χ2n) is 5.53. The summed E-state index contributed by atoms with van der Waals surface area (Å²) in [6.07, 6.45) is 0. The van der Waals surface area contributed by atoms with E-state index in [1.165, 1.54) is 11.3 Å². The van der Waals surface area contributed by atoms with Crippen LogP contribution in [0.2, 0.25) is 0 Å². The Morgan fingerprint density at radius 2 is 1.81 bits per heavy atom. The van der Waals surface area contributed by atoms with Gasteiger partial charge >= 0.3 is 0 Å². The van der Waals surface area contributed by atoms with Crippen molar-refractivity contribution in [3.63, 3.8) is 0 Å². The van der Waals surface area contributed by atoms with Gasteiger partial charge in [0.05, 0.1) is 27.2 Å². The van der Waals surface area contributed by atoms with E-state index in [0.717, 1.165) is 21.5 Å². The number of fused-ring (bicyclic) bond motifs is 1. The van der Waals surface area contributed by atoms with E-state index >= 15 is 0 Å². The van der Waals surface area contributed by atoms with Crippen LogP contribution in [0.4, 0.5) is 5.00 Å². The van der Waals surface area contributed by atoms with Gasteiger partial charge in [-0.25, -0.2) is 4.98 Å². The molecule has 0 spiro atoms. The van der Waals surface area contributed by atoms with E-state index in [4.69, 9.17) is 5.73 Å². The summed E-state index contributed by atoms with van der Waals surface area (Å²) in [6, 6.07) is 14.8. The van der Waals surface area contributed by atoms with Gasteiger partial charge in [-0.1, -0.05) is 24.3 Å². The van der Waals surface area contributed by atoms with Gasteiger partial charge in [0.2, 0.25) is 0 Å². The van der Waals surface area contributed by atoms with Crippen molar-refractivity contribution in [1.29, 1.82) is 0 Å². The zero-order chi connectivity index (χ0) is 18.1. The van der Waals surface area contributed by atoms with Gasteiger partial charge in [0.1, 0.15) is 5.00 Å². The monoisotopic (exact) mass is 379 g/mol. The van der Waals surface area contributed by atoms with Crippen molar-refractivity contribution >= 4 is 50.4 Å². The van der Waals surface area contributed by atoms with Crippen molar-refractivity contribution in [1.82, 2.24) is 4.98 Å². The lowest BCUT2D eigenvalue weighted by Gasteiger charge is -2.10. The molecule has 2 amide bonds. The molecule has 3 aromatic heterocycles. The van der Waals surface area contributed by atoms with E-state index in [1.807, 2.05) is 41.8 Å². The molecule has 0 aliphatic carbocycles. The first-order valence-corrected chi connectivity index (χ1v) is 9.52. The molecule has 3 N–H and O–H groups in total. The number of amides is 2. The number of para-hydroxylation sites is 1. The van der Waals surface area contributed by atoms with Crippen molar-refractivity contribution < 1.29 is 9.59 Å². The van der Waals surface area contributed by atoms with Crippen LogP contribution < -0.4 is 11.1 Å². The molecular formula is C19H13N3O2S2. The molecule has 0 fully saturated rings. The van der Waals surface area contributed by atoms with Crippen LogP contribution in [0, 0.1) is 0 Å². The van der Waals surface area contributed by atoms with Crippen molar-refractivity contribution in [3.8, 4) is 10.6 Å². The van der Waals surface area contributed by atoms with Crippen LogP contribution in [0.5, 0.6) is 0 Å². The lowest BCUT2D eigenvalue weighted by molar-refractivity contribution is 0.100. The van der Waals surface area contributed by atoms with Crippen molar-refractivity contribution in [2.45, 2.75) is 0 Å². The second-order valence-corrected chi connectivity index (χ2v) is 7.40. The number of hydrogen-bond donors (Lipinski definition) is 2. The van der Waals surface area contributed by atoms with Gasteiger partial charge < -0.3 is 11.1 Å². The number of rotatable bonds is 4. The van der Waals surface area contributed by atoms with Crippen LogP contribution in [0.25, 0.3) is 21.5 Å². The summed E-state index contributed by atoms with van der Waals surface area (Å²) < 4.78 is 0. The van der Waals surface area contributed by atoms with Crippen molar-refractivity contribution in [3.05, 3.63) is 70.4 Å². The lowest BCUT2D eigenvalue weighted by Crippen LogP contribution is -2.17. The first-order valence-electron chi connectivity index (χ1n) is 7.76. The lowest BCUT2D eigenvalue weighted by atomic mass is 10.1. The molecular weight excluding hydrogens is 366 g/mol. The van der Waals surface area contributed by atoms with Gasteiger partial charge in [0.15, 0.2) is 0 Å². The topological polar surface area (TPSA) is 85.1 Å². The van der Waals surface area contributed by atoms with Crippen molar-refractivity contribution in [2.24, 2.45) is 5.73 Å². The van der Waals surface area contributed by atoms with E-state index in [0.29, 0.717) is 16.1 Å². The standard InChI is InChI=1S/C19H13N3O2S2/c20-17(23)12-7-9-26-19(12)22-18(24)13-10-15(16-6-3-8-25-16)21-14-5-2-1-4-11(13)14/h1-10H,(H2,20,23)(H,22,24). The maximum Gasteiger partial charge on any atom is 0.257 e.